The SMILES string of the molecule is c1ccc(-c2ccc(N(c3cccc(-c4ccccc4)c3)c3ccc(-c4c5nc(-c6ccccc6)sc5cc5oc6ccccc6c45)c(-c4ccccc4)c3)cc2)cc1. The van der Waals surface area contributed by atoms with Gasteiger partial charge in [0, 0.05) is 45.0 Å². The maximum Gasteiger partial charge on any atom is 0.137 e. The summed E-state index contributed by atoms with van der Waals surface area (Å²) in [4.78, 5) is 7.79. The average Bonchev–Trinajstić information content (AvgIpc) is 3.91. The van der Waals surface area contributed by atoms with Gasteiger partial charge >= 0.3 is 0 Å². The molecule has 0 unspecified atom stereocenters. The fourth-order valence-corrected chi connectivity index (χ4v) is 9.33. The Morgan fingerprint density at radius 3 is 1.66 bits per heavy atom. The Morgan fingerprint density at radius 2 is 0.949 bits per heavy atom. The van der Waals surface area contributed by atoms with Crippen LogP contribution >= 0.6 is 11.3 Å². The van der Waals surface area contributed by atoms with Crippen molar-refractivity contribution in [2.45, 2.75) is 0 Å². The number of rotatable bonds is 8. The van der Waals surface area contributed by atoms with Crippen LogP contribution in [-0.2, 0) is 0 Å². The highest BCUT2D eigenvalue weighted by atomic mass is 32.1. The highest BCUT2D eigenvalue weighted by Crippen LogP contribution is 2.49. The van der Waals surface area contributed by atoms with Gasteiger partial charge in [0.25, 0.3) is 0 Å². The van der Waals surface area contributed by atoms with Gasteiger partial charge < -0.3 is 9.32 Å². The molecule has 0 aliphatic carbocycles. The molecule has 11 aromatic rings. The van der Waals surface area contributed by atoms with Crippen LogP contribution in [0.1, 0.15) is 0 Å². The molecule has 9 aromatic carbocycles. The number of fused-ring (bicyclic) bond motifs is 4. The summed E-state index contributed by atoms with van der Waals surface area (Å²) < 4.78 is 7.71. The number of hydrogen-bond acceptors (Lipinski definition) is 4. The molecule has 4 heteroatoms. The zero-order chi connectivity index (χ0) is 39.1. The number of benzene rings is 9. The fourth-order valence-electron chi connectivity index (χ4n) is 8.32. The van der Waals surface area contributed by atoms with Crippen LogP contribution in [0.15, 0.2) is 223 Å². The predicted molar refractivity (Wildman–Crippen MR) is 249 cm³/mol. The summed E-state index contributed by atoms with van der Waals surface area (Å²) in [6.07, 6.45) is 0. The van der Waals surface area contributed by atoms with Crippen LogP contribution in [0.3, 0.4) is 0 Å². The molecule has 59 heavy (non-hydrogen) atoms. The summed E-state index contributed by atoms with van der Waals surface area (Å²) in [6.45, 7) is 0. The standard InChI is InChI=1S/C55H36N2OS/c1-5-16-37(17-6-1)39-28-30-43(31-29-39)57(44-25-15-24-42(34-44)38-18-7-2-8-19-38)45-32-33-46(48(35-45)40-20-9-3-10-21-40)53-52-47-26-13-14-27-49(47)58-50(52)36-51-54(53)56-55(59-51)41-22-11-4-12-23-41/h1-36H. The molecule has 3 nitrogen and oxygen atoms in total. The van der Waals surface area contributed by atoms with Gasteiger partial charge in [-0.25, -0.2) is 4.98 Å². The first-order valence-corrected chi connectivity index (χ1v) is 20.7. The maximum atomic E-state index is 6.62. The molecule has 278 valence electrons. The van der Waals surface area contributed by atoms with Crippen LogP contribution in [-0.4, -0.2) is 4.98 Å². The first-order chi connectivity index (χ1) is 29.2. The van der Waals surface area contributed by atoms with E-state index in [1.54, 1.807) is 11.3 Å². The summed E-state index contributed by atoms with van der Waals surface area (Å²) in [6, 6.07) is 77.5. The van der Waals surface area contributed by atoms with Gasteiger partial charge in [-0.05, 0) is 81.4 Å². The van der Waals surface area contributed by atoms with Gasteiger partial charge in [-0.2, -0.15) is 0 Å². The molecule has 2 aromatic heterocycles. The van der Waals surface area contributed by atoms with Crippen molar-refractivity contribution in [2.24, 2.45) is 0 Å². The zero-order valence-electron chi connectivity index (χ0n) is 32.0. The first kappa shape index (κ1) is 34.7. The Morgan fingerprint density at radius 1 is 0.390 bits per heavy atom. The second-order valence-electron chi connectivity index (χ2n) is 14.7. The maximum absolute atomic E-state index is 6.62. The van der Waals surface area contributed by atoms with E-state index in [-0.39, 0.29) is 0 Å². The van der Waals surface area contributed by atoms with Gasteiger partial charge in [0.1, 0.15) is 16.2 Å². The molecule has 0 spiro atoms. The summed E-state index contributed by atoms with van der Waals surface area (Å²) in [5.74, 6) is 0. The average molecular weight is 773 g/mol. The summed E-state index contributed by atoms with van der Waals surface area (Å²) in [7, 11) is 0. The number of furan rings is 1. The molecule has 0 aliphatic heterocycles. The molecule has 0 amide bonds. The smallest absolute Gasteiger partial charge is 0.137 e. The van der Waals surface area contributed by atoms with Gasteiger partial charge in [-0.3, -0.25) is 0 Å². The van der Waals surface area contributed by atoms with Crippen molar-refractivity contribution >= 4 is 60.6 Å². The number of para-hydroxylation sites is 1. The first-order valence-electron chi connectivity index (χ1n) is 19.9. The van der Waals surface area contributed by atoms with E-state index in [1.165, 1.54) is 16.7 Å². The Bertz CT molecular complexity index is 3250. The summed E-state index contributed by atoms with van der Waals surface area (Å²) in [5.41, 5.74) is 16.1. The van der Waals surface area contributed by atoms with Crippen molar-refractivity contribution < 1.29 is 4.42 Å². The number of anilines is 3. The summed E-state index contributed by atoms with van der Waals surface area (Å²) >= 11 is 1.71. The van der Waals surface area contributed by atoms with E-state index < -0.39 is 0 Å². The van der Waals surface area contributed by atoms with Crippen molar-refractivity contribution in [1.82, 2.24) is 4.98 Å². The minimum absolute atomic E-state index is 0.859. The van der Waals surface area contributed by atoms with Crippen molar-refractivity contribution in [2.75, 3.05) is 4.90 Å². The van der Waals surface area contributed by atoms with Gasteiger partial charge in [-0.15, -0.1) is 11.3 Å². The highest BCUT2D eigenvalue weighted by Gasteiger charge is 2.24. The third kappa shape index (κ3) is 6.37. The van der Waals surface area contributed by atoms with Crippen LogP contribution in [0, 0.1) is 0 Å². The number of thiazole rings is 1. The lowest BCUT2D eigenvalue weighted by Crippen LogP contribution is -2.10. The molecule has 0 atom stereocenters. The summed E-state index contributed by atoms with van der Waals surface area (Å²) in [5, 5.41) is 3.14. The Balaban J connectivity index is 1.16. The molecule has 0 N–H and O–H groups in total. The van der Waals surface area contributed by atoms with Gasteiger partial charge in [0.2, 0.25) is 0 Å². The lowest BCUT2D eigenvalue weighted by molar-refractivity contribution is 0.669. The quantitative estimate of drug-likeness (QED) is 0.154. The van der Waals surface area contributed by atoms with E-state index in [4.69, 9.17) is 9.40 Å². The molecule has 0 saturated carbocycles. The normalized spacial score (nSPS) is 11.4. The van der Waals surface area contributed by atoms with Crippen LogP contribution in [0.25, 0.3) is 87.2 Å². The largest absolute Gasteiger partial charge is 0.456 e. The predicted octanol–water partition coefficient (Wildman–Crippen LogP) is 16.0. The number of nitrogens with zero attached hydrogens (tertiary/aromatic N) is 2. The molecule has 2 heterocycles. The molecule has 0 radical (unpaired) electrons. The van der Waals surface area contributed by atoms with E-state index in [9.17, 15) is 0 Å². The van der Waals surface area contributed by atoms with E-state index in [2.05, 4.69) is 211 Å². The van der Waals surface area contributed by atoms with Crippen LogP contribution in [0.4, 0.5) is 17.1 Å². The van der Waals surface area contributed by atoms with Gasteiger partial charge in [0.05, 0.1) is 10.2 Å². The Hall–Kier alpha value is -7.53. The van der Waals surface area contributed by atoms with Crippen molar-refractivity contribution in [3.8, 4) is 55.1 Å². The van der Waals surface area contributed by atoms with Crippen molar-refractivity contribution in [1.29, 1.82) is 0 Å². The van der Waals surface area contributed by atoms with Gasteiger partial charge in [-0.1, -0.05) is 170 Å². The van der Waals surface area contributed by atoms with Gasteiger partial charge in [0.15, 0.2) is 0 Å². The minimum atomic E-state index is 0.859. The van der Waals surface area contributed by atoms with Crippen LogP contribution < -0.4 is 4.90 Å². The van der Waals surface area contributed by atoms with E-state index in [0.717, 1.165) is 87.6 Å². The number of hydrogen-bond donors (Lipinski definition) is 0. The lowest BCUT2D eigenvalue weighted by Gasteiger charge is -2.27. The minimum Gasteiger partial charge on any atom is -0.456 e. The van der Waals surface area contributed by atoms with E-state index in [1.807, 2.05) is 12.1 Å². The van der Waals surface area contributed by atoms with E-state index >= 15 is 0 Å². The molecule has 0 saturated heterocycles. The second kappa shape index (κ2) is 14.8. The Labute approximate surface area is 346 Å². The lowest BCUT2D eigenvalue weighted by atomic mass is 9.90. The second-order valence-corrected chi connectivity index (χ2v) is 15.7. The zero-order valence-corrected chi connectivity index (χ0v) is 32.8. The third-order valence-corrected chi connectivity index (χ3v) is 12.2. The molecular weight excluding hydrogens is 737 g/mol. The Kier molecular flexibility index (Phi) is 8.68. The van der Waals surface area contributed by atoms with Crippen LogP contribution in [0.5, 0.6) is 0 Å². The fraction of sp³-hybridized carbons (Fsp3) is 0. The monoisotopic (exact) mass is 772 g/mol. The van der Waals surface area contributed by atoms with Crippen molar-refractivity contribution in [3.63, 3.8) is 0 Å². The molecule has 0 bridgehead atoms. The molecule has 11 rings (SSSR count). The van der Waals surface area contributed by atoms with Crippen molar-refractivity contribution in [3.05, 3.63) is 218 Å². The molecular formula is C55H36N2OS. The number of aromatic nitrogens is 1. The van der Waals surface area contributed by atoms with E-state index in [0.29, 0.717) is 0 Å². The third-order valence-electron chi connectivity index (χ3n) is 11.1. The van der Waals surface area contributed by atoms with Crippen LogP contribution in [0.2, 0.25) is 0 Å². The molecule has 0 fully saturated rings. The molecule has 0 aliphatic rings. The highest BCUT2D eigenvalue weighted by molar-refractivity contribution is 7.21. The topological polar surface area (TPSA) is 29.3 Å².